The summed E-state index contributed by atoms with van der Waals surface area (Å²) in [5, 5.41) is 11.6. The van der Waals surface area contributed by atoms with Crippen LogP contribution in [0.2, 0.25) is 0 Å². The number of rotatable bonds is 4. The molecule has 0 spiro atoms. The van der Waals surface area contributed by atoms with Gasteiger partial charge in [0, 0.05) is 12.1 Å². The Morgan fingerprint density at radius 1 is 1.50 bits per heavy atom. The first-order valence-electron chi connectivity index (χ1n) is 5.22. The molecule has 0 bridgehead atoms. The van der Waals surface area contributed by atoms with Gasteiger partial charge in [-0.05, 0) is 44.0 Å². The van der Waals surface area contributed by atoms with Crippen LogP contribution in [-0.2, 0) is 4.79 Å². The molecule has 88 valence electrons. The highest BCUT2D eigenvalue weighted by atomic mass is 19.1. The van der Waals surface area contributed by atoms with E-state index in [1.54, 1.807) is 19.9 Å². The van der Waals surface area contributed by atoms with Crippen molar-refractivity contribution in [3.8, 4) is 0 Å². The Hall–Kier alpha value is -1.42. The van der Waals surface area contributed by atoms with Gasteiger partial charge in [-0.1, -0.05) is 0 Å². The van der Waals surface area contributed by atoms with Crippen molar-refractivity contribution in [2.45, 2.75) is 32.8 Å². The van der Waals surface area contributed by atoms with Gasteiger partial charge in [-0.15, -0.1) is 0 Å². The van der Waals surface area contributed by atoms with E-state index in [-0.39, 0.29) is 18.1 Å². The lowest BCUT2D eigenvalue weighted by atomic mass is 10.2. The Morgan fingerprint density at radius 3 is 2.75 bits per heavy atom. The smallest absolute Gasteiger partial charge is 0.224 e. The molecule has 16 heavy (non-hydrogen) atoms. The van der Waals surface area contributed by atoms with Crippen LogP contribution in [0.15, 0.2) is 18.2 Å². The van der Waals surface area contributed by atoms with Crippen LogP contribution < -0.4 is 5.32 Å². The van der Waals surface area contributed by atoms with E-state index in [1.165, 1.54) is 12.1 Å². The summed E-state index contributed by atoms with van der Waals surface area (Å²) in [4.78, 5) is 11.4. The van der Waals surface area contributed by atoms with Gasteiger partial charge in [-0.2, -0.15) is 0 Å². The number of aryl methyl sites for hydroxylation is 1. The molecule has 2 N–H and O–H groups in total. The maximum Gasteiger partial charge on any atom is 0.224 e. The zero-order chi connectivity index (χ0) is 12.1. The van der Waals surface area contributed by atoms with E-state index >= 15 is 0 Å². The maximum absolute atomic E-state index is 13.0. The average molecular weight is 225 g/mol. The molecule has 1 rings (SSSR count). The molecule has 4 heteroatoms. The van der Waals surface area contributed by atoms with Crippen molar-refractivity contribution in [2.75, 3.05) is 5.32 Å². The van der Waals surface area contributed by atoms with E-state index in [1.807, 2.05) is 0 Å². The molecule has 0 radical (unpaired) electrons. The quantitative estimate of drug-likeness (QED) is 0.825. The number of hydrogen-bond donors (Lipinski definition) is 2. The van der Waals surface area contributed by atoms with Crippen LogP contribution in [-0.4, -0.2) is 17.1 Å². The molecule has 1 aromatic rings. The zero-order valence-corrected chi connectivity index (χ0v) is 9.46. The van der Waals surface area contributed by atoms with Crippen molar-refractivity contribution in [2.24, 2.45) is 0 Å². The van der Waals surface area contributed by atoms with Crippen molar-refractivity contribution in [3.63, 3.8) is 0 Å². The summed E-state index contributed by atoms with van der Waals surface area (Å²) in [6, 6.07) is 4.36. The third kappa shape index (κ3) is 4.40. The second-order valence-electron chi connectivity index (χ2n) is 3.95. The molecule has 0 fully saturated rings. The Labute approximate surface area is 94.3 Å². The molecule has 3 nitrogen and oxygen atoms in total. The van der Waals surface area contributed by atoms with Crippen LogP contribution in [0.4, 0.5) is 10.1 Å². The standard InChI is InChI=1S/C12H16FNO2/c1-8-5-10(13)7-11(6-8)14-12(16)4-3-9(2)15/h5-7,9,15H,3-4H2,1-2H3,(H,14,16). The van der Waals surface area contributed by atoms with Gasteiger partial charge >= 0.3 is 0 Å². The highest BCUT2D eigenvalue weighted by molar-refractivity contribution is 5.90. The SMILES string of the molecule is Cc1cc(F)cc(NC(=O)CCC(C)O)c1. The Morgan fingerprint density at radius 2 is 2.19 bits per heavy atom. The van der Waals surface area contributed by atoms with E-state index in [9.17, 15) is 9.18 Å². The fourth-order valence-corrected chi connectivity index (χ4v) is 1.37. The lowest BCUT2D eigenvalue weighted by Crippen LogP contribution is -2.14. The van der Waals surface area contributed by atoms with Gasteiger partial charge in [0.15, 0.2) is 0 Å². The van der Waals surface area contributed by atoms with Crippen LogP contribution >= 0.6 is 0 Å². The Kier molecular flexibility index (Phi) is 4.43. The van der Waals surface area contributed by atoms with Gasteiger partial charge in [0.25, 0.3) is 0 Å². The van der Waals surface area contributed by atoms with E-state index in [2.05, 4.69) is 5.32 Å². The van der Waals surface area contributed by atoms with Crippen molar-refractivity contribution in [1.29, 1.82) is 0 Å². The molecule has 1 unspecified atom stereocenters. The molecular weight excluding hydrogens is 209 g/mol. The Bertz CT molecular complexity index is 357. The van der Waals surface area contributed by atoms with Gasteiger partial charge < -0.3 is 10.4 Å². The van der Waals surface area contributed by atoms with Crippen LogP contribution in [0, 0.1) is 12.7 Å². The minimum Gasteiger partial charge on any atom is -0.393 e. The second kappa shape index (κ2) is 5.61. The summed E-state index contributed by atoms with van der Waals surface area (Å²) in [6.45, 7) is 3.38. The molecule has 0 heterocycles. The number of halogens is 1. The largest absolute Gasteiger partial charge is 0.393 e. The first-order chi connectivity index (χ1) is 7.47. The third-order valence-corrected chi connectivity index (χ3v) is 2.12. The number of nitrogens with one attached hydrogen (secondary N) is 1. The highest BCUT2D eigenvalue weighted by Crippen LogP contribution is 2.13. The Balaban J connectivity index is 2.56. The first-order valence-corrected chi connectivity index (χ1v) is 5.22. The minimum absolute atomic E-state index is 0.217. The summed E-state index contributed by atoms with van der Waals surface area (Å²) < 4.78 is 13.0. The molecule has 1 amide bonds. The van der Waals surface area contributed by atoms with Crippen LogP contribution in [0.1, 0.15) is 25.3 Å². The number of amides is 1. The van der Waals surface area contributed by atoms with Crippen LogP contribution in [0.3, 0.4) is 0 Å². The monoisotopic (exact) mass is 225 g/mol. The van der Waals surface area contributed by atoms with Crippen molar-refractivity contribution in [1.82, 2.24) is 0 Å². The number of aliphatic hydroxyl groups excluding tert-OH is 1. The second-order valence-corrected chi connectivity index (χ2v) is 3.95. The topological polar surface area (TPSA) is 49.3 Å². The molecule has 0 aliphatic carbocycles. The number of hydrogen-bond acceptors (Lipinski definition) is 2. The van der Waals surface area contributed by atoms with Crippen LogP contribution in [0.25, 0.3) is 0 Å². The third-order valence-electron chi connectivity index (χ3n) is 2.12. The molecule has 1 aromatic carbocycles. The summed E-state index contributed by atoms with van der Waals surface area (Å²) in [5.41, 5.74) is 1.21. The first kappa shape index (κ1) is 12.6. The fourth-order valence-electron chi connectivity index (χ4n) is 1.37. The van der Waals surface area contributed by atoms with E-state index < -0.39 is 6.10 Å². The molecule has 0 saturated heterocycles. The van der Waals surface area contributed by atoms with Gasteiger partial charge in [0.05, 0.1) is 6.10 Å². The van der Waals surface area contributed by atoms with Gasteiger partial charge in [0.1, 0.15) is 5.82 Å². The average Bonchev–Trinajstić information content (AvgIpc) is 2.12. The number of benzene rings is 1. The summed E-state index contributed by atoms with van der Waals surface area (Å²) in [5.74, 6) is -0.586. The molecule has 0 aliphatic rings. The molecular formula is C12H16FNO2. The highest BCUT2D eigenvalue weighted by Gasteiger charge is 2.05. The number of anilines is 1. The number of aliphatic hydroxyl groups is 1. The summed E-state index contributed by atoms with van der Waals surface area (Å²) in [7, 11) is 0. The predicted molar refractivity (Wildman–Crippen MR) is 60.7 cm³/mol. The van der Waals surface area contributed by atoms with Crippen molar-refractivity contribution in [3.05, 3.63) is 29.6 Å². The lowest BCUT2D eigenvalue weighted by molar-refractivity contribution is -0.116. The molecule has 0 aliphatic heterocycles. The summed E-state index contributed by atoms with van der Waals surface area (Å²) >= 11 is 0. The number of carbonyl (C=O) groups is 1. The summed E-state index contributed by atoms with van der Waals surface area (Å²) in [6.07, 6.45) is 0.132. The maximum atomic E-state index is 13.0. The van der Waals surface area contributed by atoms with E-state index in [0.29, 0.717) is 12.1 Å². The molecule has 1 atom stereocenters. The van der Waals surface area contributed by atoms with Gasteiger partial charge in [-0.25, -0.2) is 4.39 Å². The van der Waals surface area contributed by atoms with Crippen LogP contribution in [0.5, 0.6) is 0 Å². The number of carbonyl (C=O) groups excluding carboxylic acids is 1. The normalized spacial score (nSPS) is 12.2. The minimum atomic E-state index is -0.500. The van der Waals surface area contributed by atoms with E-state index in [4.69, 9.17) is 5.11 Å². The van der Waals surface area contributed by atoms with Gasteiger partial charge in [-0.3, -0.25) is 4.79 Å². The molecule has 0 aromatic heterocycles. The lowest BCUT2D eigenvalue weighted by Gasteiger charge is -2.07. The fraction of sp³-hybridized carbons (Fsp3) is 0.417. The predicted octanol–water partition coefficient (Wildman–Crippen LogP) is 2.23. The molecule has 0 saturated carbocycles. The van der Waals surface area contributed by atoms with Crippen molar-refractivity contribution >= 4 is 11.6 Å². The van der Waals surface area contributed by atoms with Gasteiger partial charge in [0.2, 0.25) is 5.91 Å². The van der Waals surface area contributed by atoms with Crippen molar-refractivity contribution < 1.29 is 14.3 Å². The van der Waals surface area contributed by atoms with E-state index in [0.717, 1.165) is 5.56 Å². The zero-order valence-electron chi connectivity index (χ0n) is 9.46.